The number of hydrogen-bond donors (Lipinski definition) is 3. The van der Waals surface area contributed by atoms with Gasteiger partial charge in [0.15, 0.2) is 0 Å². The van der Waals surface area contributed by atoms with E-state index in [0.717, 1.165) is 17.8 Å². The van der Waals surface area contributed by atoms with E-state index in [1.807, 2.05) is 43.3 Å². The molecular weight excluding hydrogens is 256 g/mol. The Balaban J connectivity index is 2.13. The Kier molecular flexibility index (Phi) is 7.64. The van der Waals surface area contributed by atoms with Gasteiger partial charge in [-0.1, -0.05) is 12.1 Å². The minimum Gasteiger partial charge on any atom is -0.378 e. The number of rotatable bonds is 8. The van der Waals surface area contributed by atoms with E-state index in [1.165, 1.54) is 0 Å². The zero-order valence-corrected chi connectivity index (χ0v) is 12.2. The van der Waals surface area contributed by atoms with E-state index in [0.29, 0.717) is 26.3 Å². The zero-order chi connectivity index (χ0) is 14.8. The van der Waals surface area contributed by atoms with Gasteiger partial charge < -0.3 is 26.0 Å². The average molecular weight is 280 g/mol. The molecule has 20 heavy (non-hydrogen) atoms. The fourth-order valence-electron chi connectivity index (χ4n) is 1.49. The van der Waals surface area contributed by atoms with Crippen LogP contribution in [0.1, 0.15) is 5.56 Å². The lowest BCUT2D eigenvalue weighted by atomic mass is 10.2. The van der Waals surface area contributed by atoms with E-state index in [2.05, 4.69) is 10.6 Å². The fourth-order valence-corrected chi connectivity index (χ4v) is 1.49. The number of nitrogens with two attached hydrogens (primary N) is 1. The summed E-state index contributed by atoms with van der Waals surface area (Å²) in [7, 11) is 3.98. The summed E-state index contributed by atoms with van der Waals surface area (Å²) in [5.41, 5.74) is 7.29. The van der Waals surface area contributed by atoms with Crippen LogP contribution < -0.4 is 16.4 Å². The predicted octanol–water partition coefficient (Wildman–Crippen LogP) is 0.845. The Bertz CT molecular complexity index is 393. The van der Waals surface area contributed by atoms with E-state index in [1.54, 1.807) is 0 Å². The molecular formula is C14H24N4O2. The molecule has 4 N–H and O–H groups in total. The molecule has 0 atom stereocenters. The van der Waals surface area contributed by atoms with Gasteiger partial charge in [-0.3, -0.25) is 0 Å². The molecule has 0 spiro atoms. The highest BCUT2D eigenvalue weighted by Gasteiger charge is 2.00. The SMILES string of the molecule is CN(C)CCOCCNC(=O)Nc1ccc(CN)cc1. The zero-order valence-electron chi connectivity index (χ0n) is 12.2. The van der Waals surface area contributed by atoms with Crippen molar-refractivity contribution in [2.24, 2.45) is 5.73 Å². The summed E-state index contributed by atoms with van der Waals surface area (Å²) < 4.78 is 5.38. The molecule has 112 valence electrons. The predicted molar refractivity (Wildman–Crippen MR) is 80.7 cm³/mol. The molecule has 6 nitrogen and oxygen atoms in total. The molecule has 6 heteroatoms. The number of likely N-dealkylation sites (N-methyl/N-ethyl adjacent to an activating group) is 1. The highest BCUT2D eigenvalue weighted by atomic mass is 16.5. The molecule has 0 radical (unpaired) electrons. The Hall–Kier alpha value is -1.63. The number of ether oxygens (including phenoxy) is 1. The van der Waals surface area contributed by atoms with Crippen molar-refractivity contribution < 1.29 is 9.53 Å². The smallest absolute Gasteiger partial charge is 0.319 e. The van der Waals surface area contributed by atoms with Crippen molar-refractivity contribution >= 4 is 11.7 Å². The number of amides is 2. The van der Waals surface area contributed by atoms with Gasteiger partial charge in [-0.05, 0) is 31.8 Å². The Morgan fingerprint density at radius 3 is 2.55 bits per heavy atom. The van der Waals surface area contributed by atoms with Crippen molar-refractivity contribution in [3.8, 4) is 0 Å². The first-order chi connectivity index (χ1) is 9.61. The largest absolute Gasteiger partial charge is 0.378 e. The third kappa shape index (κ3) is 7.08. The summed E-state index contributed by atoms with van der Waals surface area (Å²) >= 11 is 0. The van der Waals surface area contributed by atoms with Crippen LogP contribution >= 0.6 is 0 Å². The van der Waals surface area contributed by atoms with Crippen LogP contribution in [0.25, 0.3) is 0 Å². The van der Waals surface area contributed by atoms with Crippen molar-refractivity contribution in [2.75, 3.05) is 45.7 Å². The van der Waals surface area contributed by atoms with Gasteiger partial charge in [0.25, 0.3) is 0 Å². The van der Waals surface area contributed by atoms with Crippen LogP contribution in [0.3, 0.4) is 0 Å². The van der Waals surface area contributed by atoms with Gasteiger partial charge in [0.2, 0.25) is 0 Å². The molecule has 2 amide bonds. The average Bonchev–Trinajstić information content (AvgIpc) is 2.43. The lowest BCUT2D eigenvalue weighted by Crippen LogP contribution is -2.32. The summed E-state index contributed by atoms with van der Waals surface area (Å²) in [6, 6.07) is 7.20. The van der Waals surface area contributed by atoms with Crippen molar-refractivity contribution in [3.05, 3.63) is 29.8 Å². The molecule has 0 fully saturated rings. The van der Waals surface area contributed by atoms with Crippen molar-refractivity contribution in [1.82, 2.24) is 10.2 Å². The van der Waals surface area contributed by atoms with Crippen LogP contribution in [0, 0.1) is 0 Å². The highest BCUT2D eigenvalue weighted by molar-refractivity contribution is 5.89. The van der Waals surface area contributed by atoms with E-state index >= 15 is 0 Å². The van der Waals surface area contributed by atoms with Gasteiger partial charge in [-0.25, -0.2) is 4.79 Å². The van der Waals surface area contributed by atoms with Crippen molar-refractivity contribution in [1.29, 1.82) is 0 Å². The summed E-state index contributed by atoms with van der Waals surface area (Å²) in [6.45, 7) is 3.03. The van der Waals surface area contributed by atoms with Crippen LogP contribution in [0.15, 0.2) is 24.3 Å². The van der Waals surface area contributed by atoms with Gasteiger partial charge in [0, 0.05) is 25.3 Å². The van der Waals surface area contributed by atoms with Gasteiger partial charge in [0.05, 0.1) is 13.2 Å². The summed E-state index contributed by atoms with van der Waals surface area (Å²) in [5, 5.41) is 5.48. The molecule has 0 heterocycles. The lowest BCUT2D eigenvalue weighted by molar-refractivity contribution is 0.120. The molecule has 0 saturated carbocycles. The Labute approximate surface area is 120 Å². The van der Waals surface area contributed by atoms with Crippen LogP contribution in [-0.4, -0.2) is 51.3 Å². The second-order valence-corrected chi connectivity index (χ2v) is 4.70. The number of hydrogen-bond acceptors (Lipinski definition) is 4. The molecule has 0 aliphatic carbocycles. The first kappa shape index (κ1) is 16.4. The molecule has 0 aromatic heterocycles. The third-order valence-corrected chi connectivity index (χ3v) is 2.66. The highest BCUT2D eigenvalue weighted by Crippen LogP contribution is 2.08. The van der Waals surface area contributed by atoms with E-state index in [9.17, 15) is 4.79 Å². The molecule has 1 aromatic rings. The van der Waals surface area contributed by atoms with E-state index in [4.69, 9.17) is 10.5 Å². The minimum absolute atomic E-state index is 0.235. The number of nitrogens with zero attached hydrogens (tertiary/aromatic N) is 1. The van der Waals surface area contributed by atoms with Gasteiger partial charge in [0.1, 0.15) is 0 Å². The fraction of sp³-hybridized carbons (Fsp3) is 0.500. The maximum absolute atomic E-state index is 11.6. The molecule has 1 aromatic carbocycles. The van der Waals surface area contributed by atoms with Gasteiger partial charge in [-0.15, -0.1) is 0 Å². The maximum atomic E-state index is 11.6. The number of urea groups is 1. The Morgan fingerprint density at radius 2 is 1.95 bits per heavy atom. The van der Waals surface area contributed by atoms with Crippen LogP contribution in [0.5, 0.6) is 0 Å². The molecule has 0 aliphatic rings. The first-order valence-electron chi connectivity index (χ1n) is 6.68. The molecule has 1 rings (SSSR count). The molecule has 0 aliphatic heterocycles. The topological polar surface area (TPSA) is 79.6 Å². The number of carbonyl (C=O) groups is 1. The summed E-state index contributed by atoms with van der Waals surface area (Å²) in [6.07, 6.45) is 0. The molecule has 0 saturated heterocycles. The summed E-state index contributed by atoms with van der Waals surface area (Å²) in [5.74, 6) is 0. The molecule has 0 unspecified atom stereocenters. The van der Waals surface area contributed by atoms with Crippen LogP contribution in [0.2, 0.25) is 0 Å². The quantitative estimate of drug-likeness (QED) is 0.617. The first-order valence-corrected chi connectivity index (χ1v) is 6.68. The van der Waals surface area contributed by atoms with Crippen LogP contribution in [0.4, 0.5) is 10.5 Å². The number of anilines is 1. The minimum atomic E-state index is -0.235. The lowest BCUT2D eigenvalue weighted by Gasteiger charge is -2.11. The van der Waals surface area contributed by atoms with Crippen molar-refractivity contribution in [2.45, 2.75) is 6.54 Å². The third-order valence-electron chi connectivity index (χ3n) is 2.66. The van der Waals surface area contributed by atoms with E-state index < -0.39 is 0 Å². The normalized spacial score (nSPS) is 10.6. The van der Waals surface area contributed by atoms with Crippen LogP contribution in [-0.2, 0) is 11.3 Å². The standard InChI is InChI=1S/C14H24N4O2/c1-18(2)8-10-20-9-7-16-14(19)17-13-5-3-12(11-15)4-6-13/h3-6H,7-11,15H2,1-2H3,(H2,16,17,19). The molecule has 0 bridgehead atoms. The monoisotopic (exact) mass is 280 g/mol. The number of nitrogens with one attached hydrogen (secondary N) is 2. The van der Waals surface area contributed by atoms with E-state index in [-0.39, 0.29) is 6.03 Å². The number of carbonyl (C=O) groups excluding carboxylic acids is 1. The second-order valence-electron chi connectivity index (χ2n) is 4.70. The van der Waals surface area contributed by atoms with Gasteiger partial charge in [-0.2, -0.15) is 0 Å². The van der Waals surface area contributed by atoms with Gasteiger partial charge >= 0.3 is 6.03 Å². The van der Waals surface area contributed by atoms with Crippen molar-refractivity contribution in [3.63, 3.8) is 0 Å². The number of benzene rings is 1. The summed E-state index contributed by atoms with van der Waals surface area (Å²) in [4.78, 5) is 13.6. The maximum Gasteiger partial charge on any atom is 0.319 e. The Morgan fingerprint density at radius 1 is 1.25 bits per heavy atom. The second kappa shape index (κ2) is 9.30.